The minimum atomic E-state index is -0.571. The number of rotatable bonds is 5. The van der Waals surface area contributed by atoms with Crippen LogP contribution in [0, 0.1) is 0 Å². The van der Waals surface area contributed by atoms with Crippen molar-refractivity contribution in [3.63, 3.8) is 0 Å². The van der Waals surface area contributed by atoms with Gasteiger partial charge >= 0.3 is 11.9 Å². The van der Waals surface area contributed by atoms with Gasteiger partial charge in [-0.05, 0) is 19.1 Å². The van der Waals surface area contributed by atoms with Gasteiger partial charge in [-0.25, -0.2) is 0 Å². The molecule has 0 N–H and O–H groups in total. The lowest BCUT2D eigenvalue weighted by atomic mass is 10.1. The highest BCUT2D eigenvalue weighted by Gasteiger charge is 2.30. The molecule has 0 spiro atoms. The molecule has 1 heterocycles. The zero-order chi connectivity index (χ0) is 13.5. The maximum absolute atomic E-state index is 11.0. The van der Waals surface area contributed by atoms with Crippen molar-refractivity contribution in [2.75, 3.05) is 13.2 Å². The van der Waals surface area contributed by atoms with E-state index in [0.29, 0.717) is 6.61 Å². The van der Waals surface area contributed by atoms with Gasteiger partial charge in [-0.1, -0.05) is 0 Å². The molecule has 1 aliphatic rings. The molecule has 0 saturated heterocycles. The second kappa shape index (κ2) is 7.13. The largest absolute Gasteiger partial charge is 0.463 e. The summed E-state index contributed by atoms with van der Waals surface area (Å²) >= 11 is 0. The molecule has 3 atom stereocenters. The van der Waals surface area contributed by atoms with Crippen LogP contribution in [-0.4, -0.2) is 43.7 Å². The lowest BCUT2D eigenvalue weighted by Crippen LogP contribution is -2.42. The zero-order valence-corrected chi connectivity index (χ0v) is 10.8. The summed E-state index contributed by atoms with van der Waals surface area (Å²) < 4.78 is 20.8. The van der Waals surface area contributed by atoms with Crippen LogP contribution >= 0.6 is 0 Å². The molecule has 1 rings (SSSR count). The van der Waals surface area contributed by atoms with Gasteiger partial charge in [0.15, 0.2) is 6.29 Å². The van der Waals surface area contributed by atoms with E-state index in [0.717, 1.165) is 0 Å². The van der Waals surface area contributed by atoms with E-state index < -0.39 is 30.4 Å². The minimum absolute atomic E-state index is 0.0151. The molecule has 6 nitrogen and oxygen atoms in total. The summed E-state index contributed by atoms with van der Waals surface area (Å²) in [5, 5.41) is 0. The van der Waals surface area contributed by atoms with Crippen LogP contribution < -0.4 is 0 Å². The molecule has 1 aliphatic heterocycles. The molecule has 102 valence electrons. The summed E-state index contributed by atoms with van der Waals surface area (Å²) in [6.07, 6.45) is 1.71. The third kappa shape index (κ3) is 4.85. The van der Waals surface area contributed by atoms with Crippen LogP contribution in [0.4, 0.5) is 0 Å². The molecule has 0 amide bonds. The lowest BCUT2D eigenvalue weighted by molar-refractivity contribution is -0.195. The average Bonchev–Trinajstić information content (AvgIpc) is 2.28. The number of carbonyl (C=O) groups is 2. The Morgan fingerprint density at radius 1 is 1.22 bits per heavy atom. The van der Waals surface area contributed by atoms with Crippen LogP contribution in [0.5, 0.6) is 0 Å². The third-order valence-corrected chi connectivity index (χ3v) is 2.22. The van der Waals surface area contributed by atoms with Crippen molar-refractivity contribution in [3.05, 3.63) is 12.2 Å². The summed E-state index contributed by atoms with van der Waals surface area (Å²) in [6, 6.07) is 0. The minimum Gasteiger partial charge on any atom is -0.463 e. The lowest BCUT2D eigenvalue weighted by Gasteiger charge is -2.31. The van der Waals surface area contributed by atoms with Gasteiger partial charge in [0.05, 0.1) is 0 Å². The Kier molecular flexibility index (Phi) is 5.80. The van der Waals surface area contributed by atoms with Gasteiger partial charge in [0.25, 0.3) is 0 Å². The smallest absolute Gasteiger partial charge is 0.303 e. The first-order valence-electron chi connectivity index (χ1n) is 5.79. The van der Waals surface area contributed by atoms with Gasteiger partial charge in [0.1, 0.15) is 18.8 Å². The van der Waals surface area contributed by atoms with Crippen LogP contribution in [0.15, 0.2) is 12.2 Å². The fourth-order valence-corrected chi connectivity index (χ4v) is 1.52. The van der Waals surface area contributed by atoms with E-state index in [1.54, 1.807) is 12.2 Å². The van der Waals surface area contributed by atoms with E-state index in [1.807, 2.05) is 6.92 Å². The molecule has 0 aromatic rings. The van der Waals surface area contributed by atoms with E-state index in [1.165, 1.54) is 13.8 Å². The number of hydrogen-bond acceptors (Lipinski definition) is 6. The fraction of sp³-hybridized carbons (Fsp3) is 0.667. The first kappa shape index (κ1) is 14.7. The van der Waals surface area contributed by atoms with Crippen molar-refractivity contribution in [1.82, 2.24) is 0 Å². The van der Waals surface area contributed by atoms with Crippen LogP contribution in [0.3, 0.4) is 0 Å². The van der Waals surface area contributed by atoms with Crippen LogP contribution in [-0.2, 0) is 28.5 Å². The van der Waals surface area contributed by atoms with Crippen LogP contribution in [0.25, 0.3) is 0 Å². The highest BCUT2D eigenvalue weighted by molar-refractivity contribution is 5.66. The van der Waals surface area contributed by atoms with Gasteiger partial charge in [-0.15, -0.1) is 0 Å². The predicted octanol–water partition coefficient (Wildman–Crippen LogP) is 0.799. The molecule has 0 aromatic heterocycles. The Morgan fingerprint density at radius 2 is 1.94 bits per heavy atom. The summed E-state index contributed by atoms with van der Waals surface area (Å²) in [7, 11) is 0. The topological polar surface area (TPSA) is 71.1 Å². The second-order valence-corrected chi connectivity index (χ2v) is 3.76. The summed E-state index contributed by atoms with van der Waals surface area (Å²) in [5.74, 6) is -0.835. The Morgan fingerprint density at radius 3 is 2.50 bits per heavy atom. The van der Waals surface area contributed by atoms with Gasteiger partial charge in [-0.2, -0.15) is 0 Å². The molecule has 0 unspecified atom stereocenters. The highest BCUT2D eigenvalue weighted by atomic mass is 16.7. The van der Waals surface area contributed by atoms with Gasteiger partial charge < -0.3 is 18.9 Å². The fourth-order valence-electron chi connectivity index (χ4n) is 1.52. The molecular formula is C12H18O6. The summed E-state index contributed by atoms with van der Waals surface area (Å²) in [6.45, 7) is 4.97. The number of esters is 2. The maximum Gasteiger partial charge on any atom is 0.303 e. The number of ether oxygens (including phenoxy) is 4. The molecule has 0 aliphatic carbocycles. The van der Waals surface area contributed by atoms with Crippen molar-refractivity contribution < 1.29 is 28.5 Å². The molecule has 0 saturated carbocycles. The van der Waals surface area contributed by atoms with Gasteiger partial charge in [0, 0.05) is 20.5 Å². The van der Waals surface area contributed by atoms with E-state index in [9.17, 15) is 9.59 Å². The Labute approximate surface area is 106 Å². The second-order valence-electron chi connectivity index (χ2n) is 3.76. The monoisotopic (exact) mass is 258 g/mol. The van der Waals surface area contributed by atoms with E-state index >= 15 is 0 Å². The standard InChI is InChI=1S/C12H18O6/c1-4-15-12-6-5-10(17-9(3)14)11(18-12)7-16-8(2)13/h5-6,10-12H,4,7H2,1-3H3/t10-,11-,12+/m1/s1. The number of carbonyl (C=O) groups excluding carboxylic acids is 2. The molecule has 0 bridgehead atoms. The molecule has 18 heavy (non-hydrogen) atoms. The maximum atomic E-state index is 11.0. The first-order valence-corrected chi connectivity index (χ1v) is 5.79. The van der Waals surface area contributed by atoms with Crippen molar-refractivity contribution in [3.8, 4) is 0 Å². The summed E-state index contributed by atoms with van der Waals surface area (Å²) in [4.78, 5) is 21.7. The molecule has 0 aromatic carbocycles. The summed E-state index contributed by atoms with van der Waals surface area (Å²) in [5.41, 5.74) is 0. The first-order chi connectivity index (χ1) is 8.52. The molecule has 6 heteroatoms. The van der Waals surface area contributed by atoms with E-state index in [-0.39, 0.29) is 6.61 Å². The van der Waals surface area contributed by atoms with Gasteiger partial charge in [0.2, 0.25) is 0 Å². The molecule has 0 fully saturated rings. The van der Waals surface area contributed by atoms with Gasteiger partial charge in [-0.3, -0.25) is 9.59 Å². The van der Waals surface area contributed by atoms with Crippen LogP contribution in [0.1, 0.15) is 20.8 Å². The van der Waals surface area contributed by atoms with E-state index in [2.05, 4.69) is 0 Å². The Hall–Kier alpha value is -1.40. The third-order valence-electron chi connectivity index (χ3n) is 2.22. The normalized spacial score (nSPS) is 26.7. The Balaban J connectivity index is 2.62. The Bertz CT molecular complexity index is 325. The molecule has 0 radical (unpaired) electrons. The molecular weight excluding hydrogens is 240 g/mol. The van der Waals surface area contributed by atoms with Crippen molar-refractivity contribution in [2.45, 2.75) is 39.3 Å². The highest BCUT2D eigenvalue weighted by Crippen LogP contribution is 2.17. The SMILES string of the molecule is CCO[C@@H]1C=C[C@@H](OC(C)=O)[C@@H](COC(C)=O)O1. The van der Waals surface area contributed by atoms with Crippen molar-refractivity contribution >= 4 is 11.9 Å². The quantitative estimate of drug-likeness (QED) is 0.536. The van der Waals surface area contributed by atoms with Crippen molar-refractivity contribution in [2.24, 2.45) is 0 Å². The average molecular weight is 258 g/mol. The predicted molar refractivity (Wildman–Crippen MR) is 61.6 cm³/mol. The number of hydrogen-bond donors (Lipinski definition) is 0. The van der Waals surface area contributed by atoms with Crippen LogP contribution in [0.2, 0.25) is 0 Å². The van der Waals surface area contributed by atoms with Crippen molar-refractivity contribution in [1.29, 1.82) is 0 Å². The zero-order valence-electron chi connectivity index (χ0n) is 10.8. The van der Waals surface area contributed by atoms with E-state index in [4.69, 9.17) is 18.9 Å².